The molecule has 162 valence electrons. The minimum absolute atomic E-state index is 0.0187. The van der Waals surface area contributed by atoms with Crippen LogP contribution in [0.2, 0.25) is 5.02 Å². The van der Waals surface area contributed by atoms with E-state index in [0.717, 1.165) is 29.1 Å². The van der Waals surface area contributed by atoms with Crippen LogP contribution in [-0.2, 0) is 10.0 Å². The van der Waals surface area contributed by atoms with E-state index in [1.54, 1.807) is 7.11 Å². The lowest BCUT2D eigenvalue weighted by molar-refractivity contribution is 0.383. The first-order chi connectivity index (χ1) is 14.9. The van der Waals surface area contributed by atoms with E-state index in [1.165, 1.54) is 10.4 Å². The average Bonchev–Trinajstić information content (AvgIpc) is 2.81. The maximum Gasteiger partial charge on any atom is 0.243 e. The SMILES string of the molecule is COc1cccc(-c2ccc(N3CCN(S(=O)(=O)c4ccc(F)c(Cl)c4)CC3)nn2)c1. The largest absolute Gasteiger partial charge is 0.497 e. The molecule has 1 aliphatic heterocycles. The molecule has 0 amide bonds. The van der Waals surface area contributed by atoms with Crippen molar-refractivity contribution in [3.63, 3.8) is 0 Å². The van der Waals surface area contributed by atoms with Crippen molar-refractivity contribution in [3.05, 3.63) is 65.4 Å². The number of rotatable bonds is 5. The van der Waals surface area contributed by atoms with E-state index in [1.807, 2.05) is 41.3 Å². The van der Waals surface area contributed by atoms with Gasteiger partial charge in [0.25, 0.3) is 0 Å². The van der Waals surface area contributed by atoms with Gasteiger partial charge < -0.3 is 9.64 Å². The normalized spacial score (nSPS) is 15.1. The number of piperazine rings is 1. The van der Waals surface area contributed by atoms with Gasteiger partial charge in [-0.25, -0.2) is 12.8 Å². The Kier molecular flexibility index (Phi) is 6.08. The molecule has 1 saturated heterocycles. The molecular weight excluding hydrogens is 443 g/mol. The summed E-state index contributed by atoms with van der Waals surface area (Å²) in [6.07, 6.45) is 0. The molecule has 0 spiro atoms. The lowest BCUT2D eigenvalue weighted by atomic mass is 10.1. The molecule has 1 aromatic heterocycles. The highest BCUT2D eigenvalue weighted by molar-refractivity contribution is 7.89. The Morgan fingerprint density at radius 2 is 1.77 bits per heavy atom. The second kappa shape index (κ2) is 8.78. The molecule has 4 rings (SSSR count). The van der Waals surface area contributed by atoms with Gasteiger partial charge in [0, 0.05) is 31.7 Å². The van der Waals surface area contributed by atoms with Gasteiger partial charge in [0.1, 0.15) is 11.6 Å². The first-order valence-corrected chi connectivity index (χ1v) is 11.4. The fourth-order valence-corrected chi connectivity index (χ4v) is 5.07. The molecule has 0 saturated carbocycles. The number of halogens is 2. The maximum atomic E-state index is 13.4. The zero-order chi connectivity index (χ0) is 22.0. The van der Waals surface area contributed by atoms with Crippen LogP contribution in [-0.4, -0.2) is 56.2 Å². The summed E-state index contributed by atoms with van der Waals surface area (Å²) < 4.78 is 45.7. The number of sulfonamides is 1. The Morgan fingerprint density at radius 1 is 1.00 bits per heavy atom. The van der Waals surface area contributed by atoms with Gasteiger partial charge in [0.05, 0.1) is 22.7 Å². The quantitative estimate of drug-likeness (QED) is 0.578. The molecule has 0 radical (unpaired) electrons. The molecule has 31 heavy (non-hydrogen) atoms. The predicted octanol–water partition coefficient (Wildman–Crippen LogP) is 3.46. The molecule has 7 nitrogen and oxygen atoms in total. The van der Waals surface area contributed by atoms with Crippen molar-refractivity contribution in [1.82, 2.24) is 14.5 Å². The van der Waals surface area contributed by atoms with Crippen molar-refractivity contribution >= 4 is 27.4 Å². The van der Waals surface area contributed by atoms with Crippen molar-refractivity contribution in [1.29, 1.82) is 0 Å². The summed E-state index contributed by atoms with van der Waals surface area (Å²) in [5, 5.41) is 8.40. The minimum Gasteiger partial charge on any atom is -0.497 e. The molecule has 0 N–H and O–H groups in total. The molecule has 0 atom stereocenters. The molecule has 0 aliphatic carbocycles. The van der Waals surface area contributed by atoms with Gasteiger partial charge in [0.2, 0.25) is 10.0 Å². The number of nitrogens with zero attached hydrogens (tertiary/aromatic N) is 4. The van der Waals surface area contributed by atoms with Gasteiger partial charge >= 0.3 is 0 Å². The van der Waals surface area contributed by atoms with E-state index in [9.17, 15) is 12.8 Å². The smallest absolute Gasteiger partial charge is 0.243 e. The third-order valence-corrected chi connectivity index (χ3v) is 7.29. The van der Waals surface area contributed by atoms with Crippen LogP contribution in [0.25, 0.3) is 11.3 Å². The van der Waals surface area contributed by atoms with Gasteiger partial charge in [-0.15, -0.1) is 10.2 Å². The second-order valence-electron chi connectivity index (χ2n) is 6.98. The summed E-state index contributed by atoms with van der Waals surface area (Å²) in [6, 6.07) is 14.7. The van der Waals surface area contributed by atoms with Crippen LogP contribution in [0, 0.1) is 5.82 Å². The number of methoxy groups -OCH3 is 1. The Bertz CT molecular complexity index is 1180. The molecule has 1 aliphatic rings. The molecule has 0 unspecified atom stereocenters. The van der Waals surface area contributed by atoms with E-state index in [4.69, 9.17) is 16.3 Å². The standard InChI is InChI=1S/C21H20ClFN4O3S/c1-30-16-4-2-3-15(13-16)20-7-8-21(25-24-20)26-9-11-27(12-10-26)31(28,29)17-5-6-19(23)18(22)14-17/h2-8,13-14H,9-12H2,1H3. The molecule has 0 bridgehead atoms. The highest BCUT2D eigenvalue weighted by Crippen LogP contribution is 2.25. The first-order valence-electron chi connectivity index (χ1n) is 9.57. The van der Waals surface area contributed by atoms with E-state index in [0.29, 0.717) is 18.9 Å². The molecule has 3 aromatic rings. The van der Waals surface area contributed by atoms with E-state index >= 15 is 0 Å². The molecule has 2 aromatic carbocycles. The van der Waals surface area contributed by atoms with E-state index in [-0.39, 0.29) is 23.0 Å². The summed E-state index contributed by atoms with van der Waals surface area (Å²) >= 11 is 5.75. The van der Waals surface area contributed by atoms with Crippen LogP contribution >= 0.6 is 11.6 Å². The Labute approximate surface area is 185 Å². The van der Waals surface area contributed by atoms with Crippen molar-refractivity contribution in [3.8, 4) is 17.0 Å². The molecule has 1 fully saturated rings. The second-order valence-corrected chi connectivity index (χ2v) is 9.32. The van der Waals surface area contributed by atoms with Gasteiger partial charge in [0.15, 0.2) is 5.82 Å². The minimum atomic E-state index is -3.75. The summed E-state index contributed by atoms with van der Waals surface area (Å²) in [6.45, 7) is 1.47. The van der Waals surface area contributed by atoms with Crippen molar-refractivity contribution in [2.24, 2.45) is 0 Å². The van der Waals surface area contributed by atoms with Crippen LogP contribution in [0.3, 0.4) is 0 Å². The topological polar surface area (TPSA) is 75.6 Å². The average molecular weight is 463 g/mol. The van der Waals surface area contributed by atoms with Gasteiger partial charge in [-0.2, -0.15) is 4.31 Å². The number of hydrogen-bond donors (Lipinski definition) is 0. The number of ether oxygens (including phenoxy) is 1. The zero-order valence-electron chi connectivity index (χ0n) is 16.7. The number of benzene rings is 2. The van der Waals surface area contributed by atoms with Crippen molar-refractivity contribution < 1.29 is 17.5 Å². The number of hydrogen-bond acceptors (Lipinski definition) is 6. The van der Waals surface area contributed by atoms with E-state index < -0.39 is 15.8 Å². The lowest BCUT2D eigenvalue weighted by Gasteiger charge is -2.34. The highest BCUT2D eigenvalue weighted by atomic mass is 35.5. The zero-order valence-corrected chi connectivity index (χ0v) is 18.3. The van der Waals surface area contributed by atoms with Crippen LogP contribution in [0.15, 0.2) is 59.5 Å². The van der Waals surface area contributed by atoms with Crippen LogP contribution in [0.4, 0.5) is 10.2 Å². The Balaban J connectivity index is 1.44. The predicted molar refractivity (Wildman–Crippen MR) is 116 cm³/mol. The Hall–Kier alpha value is -2.75. The number of aromatic nitrogens is 2. The van der Waals surface area contributed by atoms with Gasteiger partial charge in [-0.1, -0.05) is 23.7 Å². The summed E-state index contributed by atoms with van der Waals surface area (Å²) in [5.41, 5.74) is 1.62. The van der Waals surface area contributed by atoms with Crippen molar-refractivity contribution in [2.75, 3.05) is 38.2 Å². The molecule has 10 heteroatoms. The van der Waals surface area contributed by atoms with Crippen molar-refractivity contribution in [2.45, 2.75) is 4.90 Å². The summed E-state index contributed by atoms with van der Waals surface area (Å²) in [5.74, 6) is 0.762. The van der Waals surface area contributed by atoms with Gasteiger partial charge in [-0.05, 0) is 42.5 Å². The molecule has 2 heterocycles. The fraction of sp³-hybridized carbons (Fsp3) is 0.238. The maximum absolute atomic E-state index is 13.4. The third-order valence-electron chi connectivity index (χ3n) is 5.11. The van der Waals surface area contributed by atoms with E-state index in [2.05, 4.69) is 10.2 Å². The third kappa shape index (κ3) is 4.48. The summed E-state index contributed by atoms with van der Waals surface area (Å²) in [4.78, 5) is 1.96. The monoisotopic (exact) mass is 462 g/mol. The Morgan fingerprint density at radius 3 is 2.42 bits per heavy atom. The fourth-order valence-electron chi connectivity index (χ4n) is 3.37. The van der Waals surface area contributed by atoms with Crippen LogP contribution < -0.4 is 9.64 Å². The number of anilines is 1. The molecular formula is C21H20ClFN4O3S. The van der Waals surface area contributed by atoms with Crippen LogP contribution in [0.1, 0.15) is 0 Å². The first kappa shape index (κ1) is 21.5. The summed E-state index contributed by atoms with van der Waals surface area (Å²) in [7, 11) is -2.14. The van der Waals surface area contributed by atoms with Gasteiger partial charge in [-0.3, -0.25) is 0 Å². The highest BCUT2D eigenvalue weighted by Gasteiger charge is 2.29. The lowest BCUT2D eigenvalue weighted by Crippen LogP contribution is -2.49. The van der Waals surface area contributed by atoms with Crippen LogP contribution in [0.5, 0.6) is 5.75 Å².